The molecular weight excluding hydrogens is 270 g/mol. The maximum Gasteiger partial charge on any atom is 0.323 e. The molecule has 0 unspecified atom stereocenters. The Bertz CT molecular complexity index is 612. The van der Waals surface area contributed by atoms with E-state index in [2.05, 4.69) is 5.10 Å². The van der Waals surface area contributed by atoms with Gasteiger partial charge in [-0.05, 0) is 23.8 Å². The fourth-order valence-corrected chi connectivity index (χ4v) is 2.51. The summed E-state index contributed by atoms with van der Waals surface area (Å²) < 4.78 is 7.05. The number of nitrogens with zero attached hydrogens (tertiary/aromatic N) is 3. The van der Waals surface area contributed by atoms with Gasteiger partial charge in [0.05, 0.1) is 18.9 Å². The second-order valence-corrected chi connectivity index (χ2v) is 5.02. The molecule has 110 valence electrons. The highest BCUT2D eigenvalue weighted by atomic mass is 16.5. The first-order valence-electron chi connectivity index (χ1n) is 6.87. The number of morpholine rings is 1. The number of ether oxygens (including phenoxy) is 1. The first kappa shape index (κ1) is 13.8. The van der Waals surface area contributed by atoms with Crippen molar-refractivity contribution in [1.82, 2.24) is 14.7 Å². The van der Waals surface area contributed by atoms with Crippen LogP contribution in [0.15, 0.2) is 42.7 Å². The molecule has 0 saturated carbocycles. The molecule has 6 heteroatoms. The maximum atomic E-state index is 11.3. The van der Waals surface area contributed by atoms with Crippen LogP contribution in [0.25, 0.3) is 5.69 Å². The Hall–Kier alpha value is -2.18. The summed E-state index contributed by atoms with van der Waals surface area (Å²) in [5.74, 6) is -0.835. The molecule has 0 amide bonds. The fourth-order valence-electron chi connectivity index (χ4n) is 2.51. The van der Waals surface area contributed by atoms with Crippen molar-refractivity contribution < 1.29 is 14.6 Å². The number of carbonyl (C=O) groups is 1. The van der Waals surface area contributed by atoms with Gasteiger partial charge in [-0.3, -0.25) is 9.69 Å². The molecule has 0 aliphatic carbocycles. The van der Waals surface area contributed by atoms with Crippen molar-refractivity contribution in [2.45, 2.75) is 12.6 Å². The van der Waals surface area contributed by atoms with Gasteiger partial charge in [0.15, 0.2) is 0 Å². The van der Waals surface area contributed by atoms with Gasteiger partial charge in [0.2, 0.25) is 0 Å². The lowest BCUT2D eigenvalue weighted by Gasteiger charge is -2.32. The Morgan fingerprint density at radius 2 is 2.33 bits per heavy atom. The highest BCUT2D eigenvalue weighted by Crippen LogP contribution is 2.15. The molecule has 0 bridgehead atoms. The minimum absolute atomic E-state index is 0.244. The summed E-state index contributed by atoms with van der Waals surface area (Å²) in [6, 6.07) is 9.26. The maximum absolute atomic E-state index is 11.3. The Morgan fingerprint density at radius 1 is 1.43 bits per heavy atom. The normalized spacial score (nSPS) is 19.5. The van der Waals surface area contributed by atoms with Crippen LogP contribution >= 0.6 is 0 Å². The molecule has 2 aromatic rings. The molecule has 0 radical (unpaired) electrons. The number of carboxylic acid groups (broad SMARTS) is 1. The first-order valence-corrected chi connectivity index (χ1v) is 6.87. The average Bonchev–Trinajstić information content (AvgIpc) is 3.02. The van der Waals surface area contributed by atoms with Gasteiger partial charge in [-0.1, -0.05) is 12.1 Å². The first-order chi connectivity index (χ1) is 10.2. The molecular formula is C15H17N3O3. The average molecular weight is 287 g/mol. The van der Waals surface area contributed by atoms with Crippen molar-refractivity contribution >= 4 is 5.97 Å². The van der Waals surface area contributed by atoms with E-state index in [1.165, 1.54) is 0 Å². The van der Waals surface area contributed by atoms with Crippen molar-refractivity contribution in [3.05, 3.63) is 48.3 Å². The summed E-state index contributed by atoms with van der Waals surface area (Å²) in [6.45, 7) is 2.04. The van der Waals surface area contributed by atoms with Gasteiger partial charge in [-0.15, -0.1) is 0 Å². The molecule has 1 aliphatic heterocycles. The Kier molecular flexibility index (Phi) is 3.98. The topological polar surface area (TPSA) is 67.6 Å². The predicted octanol–water partition coefficient (Wildman–Crippen LogP) is 1.16. The highest BCUT2D eigenvalue weighted by Gasteiger charge is 2.29. The summed E-state index contributed by atoms with van der Waals surface area (Å²) in [6.07, 6.45) is 3.61. The van der Waals surface area contributed by atoms with E-state index in [1.807, 2.05) is 41.4 Å². The Balaban J connectivity index is 1.78. The number of aliphatic carboxylic acids is 1. The van der Waals surface area contributed by atoms with Crippen LogP contribution in [0.4, 0.5) is 0 Å². The predicted molar refractivity (Wildman–Crippen MR) is 76.2 cm³/mol. The van der Waals surface area contributed by atoms with Gasteiger partial charge in [-0.2, -0.15) is 5.10 Å². The van der Waals surface area contributed by atoms with Gasteiger partial charge in [0, 0.05) is 25.5 Å². The molecule has 3 rings (SSSR count). The van der Waals surface area contributed by atoms with Crippen molar-refractivity contribution in [3.63, 3.8) is 0 Å². The zero-order valence-corrected chi connectivity index (χ0v) is 11.6. The molecule has 1 aliphatic rings. The largest absolute Gasteiger partial charge is 0.480 e. The third-order valence-electron chi connectivity index (χ3n) is 3.59. The number of hydrogen-bond donors (Lipinski definition) is 1. The van der Waals surface area contributed by atoms with E-state index in [9.17, 15) is 9.90 Å². The summed E-state index contributed by atoms with van der Waals surface area (Å²) in [5.41, 5.74) is 2.04. The molecule has 2 heterocycles. The van der Waals surface area contributed by atoms with E-state index >= 15 is 0 Å². The molecule has 1 fully saturated rings. The van der Waals surface area contributed by atoms with Gasteiger partial charge in [0.25, 0.3) is 0 Å². The zero-order valence-electron chi connectivity index (χ0n) is 11.6. The molecule has 1 aromatic carbocycles. The summed E-state index contributed by atoms with van der Waals surface area (Å²) in [4.78, 5) is 13.2. The lowest BCUT2D eigenvalue weighted by molar-refractivity contribution is -0.150. The minimum atomic E-state index is -0.835. The van der Waals surface area contributed by atoms with E-state index in [1.54, 1.807) is 10.9 Å². The van der Waals surface area contributed by atoms with Gasteiger partial charge >= 0.3 is 5.97 Å². The van der Waals surface area contributed by atoms with Crippen LogP contribution in [0.3, 0.4) is 0 Å². The van der Waals surface area contributed by atoms with Crippen LogP contribution in [0.5, 0.6) is 0 Å². The van der Waals surface area contributed by atoms with Crippen LogP contribution in [-0.4, -0.2) is 51.6 Å². The van der Waals surface area contributed by atoms with Crippen LogP contribution in [-0.2, 0) is 16.1 Å². The number of aromatic nitrogens is 2. The standard InChI is InChI=1S/C15H17N3O3/c19-15(20)14-11-21-8-7-17(14)10-12-3-1-4-13(9-12)18-6-2-5-16-18/h1-6,9,14H,7-8,10-11H2,(H,19,20)/t14-/m1/s1. The summed E-state index contributed by atoms with van der Waals surface area (Å²) in [5, 5.41) is 13.5. The van der Waals surface area contributed by atoms with Crippen molar-refractivity contribution in [1.29, 1.82) is 0 Å². The van der Waals surface area contributed by atoms with E-state index in [0.29, 0.717) is 19.7 Å². The monoisotopic (exact) mass is 287 g/mol. The Morgan fingerprint density at radius 3 is 3.10 bits per heavy atom. The van der Waals surface area contributed by atoms with Gasteiger partial charge in [0.1, 0.15) is 6.04 Å². The number of benzene rings is 1. The molecule has 21 heavy (non-hydrogen) atoms. The molecule has 1 atom stereocenters. The third-order valence-corrected chi connectivity index (χ3v) is 3.59. The Labute approximate surface area is 122 Å². The summed E-state index contributed by atoms with van der Waals surface area (Å²) in [7, 11) is 0. The molecule has 6 nitrogen and oxygen atoms in total. The molecule has 1 N–H and O–H groups in total. The van der Waals surface area contributed by atoms with Gasteiger partial charge in [-0.25, -0.2) is 4.68 Å². The SMILES string of the molecule is O=C(O)[C@H]1COCCN1Cc1cccc(-n2cccn2)c1. The van der Waals surface area contributed by atoms with Gasteiger partial charge < -0.3 is 9.84 Å². The second kappa shape index (κ2) is 6.07. The van der Waals surface area contributed by atoms with Crippen LogP contribution in [0.2, 0.25) is 0 Å². The summed E-state index contributed by atoms with van der Waals surface area (Å²) >= 11 is 0. The zero-order chi connectivity index (χ0) is 14.7. The van der Waals surface area contributed by atoms with E-state index in [4.69, 9.17) is 4.74 Å². The van der Waals surface area contributed by atoms with Crippen molar-refractivity contribution in [3.8, 4) is 5.69 Å². The van der Waals surface area contributed by atoms with E-state index < -0.39 is 12.0 Å². The number of rotatable bonds is 4. The lowest BCUT2D eigenvalue weighted by Crippen LogP contribution is -2.49. The second-order valence-electron chi connectivity index (χ2n) is 5.02. The van der Waals surface area contributed by atoms with Crippen molar-refractivity contribution in [2.24, 2.45) is 0 Å². The molecule has 1 aromatic heterocycles. The molecule has 1 saturated heterocycles. The van der Waals surface area contributed by atoms with Crippen LogP contribution in [0.1, 0.15) is 5.56 Å². The number of hydrogen-bond acceptors (Lipinski definition) is 4. The fraction of sp³-hybridized carbons (Fsp3) is 0.333. The van der Waals surface area contributed by atoms with E-state index in [0.717, 1.165) is 11.3 Å². The minimum Gasteiger partial charge on any atom is -0.480 e. The van der Waals surface area contributed by atoms with E-state index in [-0.39, 0.29) is 6.61 Å². The smallest absolute Gasteiger partial charge is 0.323 e. The quantitative estimate of drug-likeness (QED) is 0.914. The lowest BCUT2D eigenvalue weighted by atomic mass is 10.1. The third kappa shape index (κ3) is 3.12. The van der Waals surface area contributed by atoms with Crippen LogP contribution < -0.4 is 0 Å². The molecule has 0 spiro atoms. The number of carboxylic acids is 1. The van der Waals surface area contributed by atoms with Crippen molar-refractivity contribution in [2.75, 3.05) is 19.8 Å². The highest BCUT2D eigenvalue weighted by molar-refractivity contribution is 5.73. The van der Waals surface area contributed by atoms with Crippen LogP contribution in [0, 0.1) is 0 Å².